The number of hydrogen-bond donors (Lipinski definition) is 1. The van der Waals surface area contributed by atoms with Gasteiger partial charge in [-0.15, -0.1) is 0 Å². The van der Waals surface area contributed by atoms with E-state index in [9.17, 15) is 20.2 Å². The SMILES string of the molecule is N#N.O=[N+]([O-])c1ccc(NCl)c([N+](=O)[O-])c1. The Morgan fingerprint density at radius 3 is 2.12 bits per heavy atom. The first kappa shape index (κ1) is 13.5. The maximum atomic E-state index is 10.4. The van der Waals surface area contributed by atoms with Crippen LogP contribution >= 0.6 is 11.8 Å². The molecule has 0 fully saturated rings. The second-order valence-electron chi connectivity index (χ2n) is 2.31. The van der Waals surface area contributed by atoms with Gasteiger partial charge in [0.2, 0.25) is 0 Å². The molecule has 0 saturated carbocycles. The lowest BCUT2D eigenvalue weighted by atomic mass is 10.2. The molecule has 0 radical (unpaired) electrons. The summed E-state index contributed by atoms with van der Waals surface area (Å²) >= 11 is 5.18. The summed E-state index contributed by atoms with van der Waals surface area (Å²) in [5.74, 6) is 0. The van der Waals surface area contributed by atoms with Gasteiger partial charge in [0, 0.05) is 28.6 Å². The Balaban J connectivity index is 0.00000106. The highest BCUT2D eigenvalue weighted by molar-refractivity contribution is 6.24. The molecule has 0 aromatic heterocycles. The van der Waals surface area contributed by atoms with Gasteiger partial charge in [0.05, 0.1) is 15.9 Å². The number of nitro benzene ring substituents is 2. The van der Waals surface area contributed by atoms with Crippen LogP contribution in [0.15, 0.2) is 18.2 Å². The van der Waals surface area contributed by atoms with E-state index in [0.717, 1.165) is 12.1 Å². The topological polar surface area (TPSA) is 146 Å². The minimum Gasteiger partial charge on any atom is -0.292 e. The Hall–Kier alpha value is -2.47. The average Bonchev–Trinajstić information content (AvgIpc) is 2.30. The largest absolute Gasteiger partial charge is 0.300 e. The fourth-order valence-corrected chi connectivity index (χ4v) is 1.02. The van der Waals surface area contributed by atoms with E-state index in [4.69, 9.17) is 22.6 Å². The number of hydrogen-bond acceptors (Lipinski definition) is 7. The number of nitrogens with one attached hydrogen (secondary N) is 1. The number of benzene rings is 1. The van der Waals surface area contributed by atoms with Crippen molar-refractivity contribution in [3.8, 4) is 0 Å². The van der Waals surface area contributed by atoms with Crippen LogP contribution in [-0.4, -0.2) is 9.85 Å². The predicted molar refractivity (Wildman–Crippen MR) is 52.7 cm³/mol. The molecular formula is C6H4ClN5O4. The summed E-state index contributed by atoms with van der Waals surface area (Å²) in [5, 5.41) is 32.7. The number of rotatable bonds is 3. The van der Waals surface area contributed by atoms with Gasteiger partial charge in [0.25, 0.3) is 11.4 Å². The van der Waals surface area contributed by atoms with Crippen molar-refractivity contribution in [2.24, 2.45) is 0 Å². The van der Waals surface area contributed by atoms with Crippen molar-refractivity contribution in [2.75, 3.05) is 4.84 Å². The quantitative estimate of drug-likeness (QED) is 0.371. The molecule has 0 unspecified atom stereocenters. The Labute approximate surface area is 93.5 Å². The second-order valence-corrected chi connectivity index (χ2v) is 2.50. The molecule has 0 aliphatic rings. The van der Waals surface area contributed by atoms with E-state index >= 15 is 0 Å². The van der Waals surface area contributed by atoms with Crippen molar-refractivity contribution < 1.29 is 9.85 Å². The van der Waals surface area contributed by atoms with Crippen molar-refractivity contribution in [3.63, 3.8) is 0 Å². The Morgan fingerprint density at radius 1 is 1.19 bits per heavy atom. The van der Waals surface area contributed by atoms with Crippen molar-refractivity contribution in [1.82, 2.24) is 0 Å². The minimum absolute atomic E-state index is 0.0160. The van der Waals surface area contributed by atoms with Crippen molar-refractivity contribution >= 4 is 28.8 Å². The Kier molecular flexibility index (Phi) is 5.16. The van der Waals surface area contributed by atoms with Gasteiger partial charge in [-0.1, -0.05) is 0 Å². The Bertz CT molecular complexity index is 434. The number of non-ortho nitro benzene ring substituents is 1. The third-order valence-corrected chi connectivity index (χ3v) is 1.69. The summed E-state index contributed by atoms with van der Waals surface area (Å²) < 4.78 is 0. The van der Waals surface area contributed by atoms with E-state index in [2.05, 4.69) is 4.84 Å². The first-order valence-corrected chi connectivity index (χ1v) is 3.93. The molecule has 0 saturated heterocycles. The molecule has 9 nitrogen and oxygen atoms in total. The van der Waals surface area contributed by atoms with E-state index in [0.29, 0.717) is 0 Å². The number of nitrogens with zero attached hydrogens (tertiary/aromatic N) is 4. The molecule has 0 atom stereocenters. The molecule has 1 aromatic rings. The minimum atomic E-state index is -0.752. The molecule has 0 heterocycles. The zero-order valence-electron chi connectivity index (χ0n) is 7.53. The van der Waals surface area contributed by atoms with Gasteiger partial charge in [-0.05, 0) is 6.07 Å². The summed E-state index contributed by atoms with van der Waals surface area (Å²) in [6.07, 6.45) is 0. The highest BCUT2D eigenvalue weighted by Crippen LogP contribution is 2.29. The van der Waals surface area contributed by atoms with Gasteiger partial charge in [0.1, 0.15) is 5.69 Å². The van der Waals surface area contributed by atoms with Crippen molar-refractivity contribution in [3.05, 3.63) is 38.4 Å². The molecule has 0 bridgehead atoms. The fourth-order valence-electron chi connectivity index (χ4n) is 0.865. The van der Waals surface area contributed by atoms with Crippen LogP contribution < -0.4 is 4.84 Å². The summed E-state index contributed by atoms with van der Waals surface area (Å²) in [7, 11) is 0. The molecule has 16 heavy (non-hydrogen) atoms. The van der Waals surface area contributed by atoms with Gasteiger partial charge < -0.3 is 0 Å². The van der Waals surface area contributed by atoms with E-state index < -0.39 is 15.5 Å². The Morgan fingerprint density at radius 2 is 1.75 bits per heavy atom. The monoisotopic (exact) mass is 245 g/mol. The molecule has 1 rings (SSSR count). The smallest absolute Gasteiger partial charge is 0.292 e. The van der Waals surface area contributed by atoms with Crippen LogP contribution in [-0.2, 0) is 0 Å². The third kappa shape index (κ3) is 3.03. The molecule has 1 N–H and O–H groups in total. The van der Waals surface area contributed by atoms with Crippen LogP contribution in [0.3, 0.4) is 0 Å². The van der Waals surface area contributed by atoms with Gasteiger partial charge >= 0.3 is 0 Å². The molecule has 0 amide bonds. The first-order chi connectivity index (χ1) is 7.56. The number of halogens is 1. The normalized spacial score (nSPS) is 8.44. The van der Waals surface area contributed by atoms with Crippen molar-refractivity contribution in [1.29, 1.82) is 10.8 Å². The van der Waals surface area contributed by atoms with Gasteiger partial charge in [-0.3, -0.25) is 25.1 Å². The van der Waals surface area contributed by atoms with Crippen LogP contribution in [0.1, 0.15) is 0 Å². The summed E-state index contributed by atoms with van der Waals surface area (Å²) in [6.45, 7) is 0. The van der Waals surface area contributed by atoms with E-state index in [1.54, 1.807) is 0 Å². The first-order valence-electron chi connectivity index (χ1n) is 3.55. The third-order valence-electron chi connectivity index (χ3n) is 1.49. The zero-order chi connectivity index (χ0) is 12.7. The summed E-state index contributed by atoms with van der Waals surface area (Å²) in [5.41, 5.74) is -0.774. The summed E-state index contributed by atoms with van der Waals surface area (Å²) in [4.78, 5) is 21.3. The average molecular weight is 246 g/mol. The predicted octanol–water partition coefficient (Wildman–Crippen LogP) is 2.10. The number of nitro groups is 2. The standard InChI is InChI=1S/C6H4ClN3O4.N2/c7-8-5-2-1-4(9(11)12)3-6(5)10(13)14;1-2/h1-3,8H;. The van der Waals surface area contributed by atoms with Crippen molar-refractivity contribution in [2.45, 2.75) is 0 Å². The number of anilines is 1. The zero-order valence-corrected chi connectivity index (χ0v) is 8.29. The maximum Gasteiger partial charge on any atom is 0.300 e. The van der Waals surface area contributed by atoms with Gasteiger partial charge in [-0.2, -0.15) is 0 Å². The lowest BCUT2D eigenvalue weighted by Crippen LogP contribution is -1.95. The highest BCUT2D eigenvalue weighted by Gasteiger charge is 2.18. The molecule has 1 aromatic carbocycles. The van der Waals surface area contributed by atoms with E-state index in [-0.39, 0.29) is 11.4 Å². The van der Waals surface area contributed by atoms with Crippen LogP contribution in [0.4, 0.5) is 17.1 Å². The molecule has 0 spiro atoms. The summed E-state index contributed by atoms with van der Waals surface area (Å²) in [6, 6.07) is 3.13. The lowest BCUT2D eigenvalue weighted by molar-refractivity contribution is -0.393. The molecule has 0 aliphatic heterocycles. The van der Waals surface area contributed by atoms with E-state index in [1.165, 1.54) is 6.07 Å². The van der Waals surface area contributed by atoms with Gasteiger partial charge in [-0.25, -0.2) is 0 Å². The van der Waals surface area contributed by atoms with Gasteiger partial charge in [0.15, 0.2) is 0 Å². The lowest BCUT2D eigenvalue weighted by Gasteiger charge is -1.98. The van der Waals surface area contributed by atoms with Crippen LogP contribution in [0, 0.1) is 31.0 Å². The maximum absolute atomic E-state index is 10.4. The van der Waals surface area contributed by atoms with Crippen LogP contribution in [0.25, 0.3) is 0 Å². The molecule has 10 heteroatoms. The molecule has 84 valence electrons. The second kappa shape index (κ2) is 6.10. The highest BCUT2D eigenvalue weighted by atomic mass is 35.5. The molecule has 0 aliphatic carbocycles. The van der Waals surface area contributed by atoms with Crippen LogP contribution in [0.5, 0.6) is 0 Å². The van der Waals surface area contributed by atoms with Crippen LogP contribution in [0.2, 0.25) is 0 Å². The molecular weight excluding hydrogens is 242 g/mol. The fraction of sp³-hybridized carbons (Fsp3) is 0. The van der Waals surface area contributed by atoms with E-state index in [1.807, 2.05) is 0 Å².